The summed E-state index contributed by atoms with van der Waals surface area (Å²) in [6.07, 6.45) is 0.751. The van der Waals surface area contributed by atoms with Crippen molar-refractivity contribution in [2.24, 2.45) is 4.99 Å². The number of thiazole rings is 1. The van der Waals surface area contributed by atoms with Crippen molar-refractivity contribution >= 4 is 39.1 Å². The van der Waals surface area contributed by atoms with E-state index in [1.165, 1.54) is 35.4 Å². The van der Waals surface area contributed by atoms with E-state index in [-0.39, 0.29) is 17.0 Å². The van der Waals surface area contributed by atoms with E-state index in [1.54, 1.807) is 12.1 Å². The summed E-state index contributed by atoms with van der Waals surface area (Å²) in [4.78, 5) is 39.9. The summed E-state index contributed by atoms with van der Waals surface area (Å²) < 4.78 is 6.82. The number of amides is 1. The van der Waals surface area contributed by atoms with Gasteiger partial charge in [-0.05, 0) is 35.7 Å². The molecule has 0 saturated carbocycles. The van der Waals surface area contributed by atoms with Gasteiger partial charge in [0.05, 0.1) is 22.2 Å². The van der Waals surface area contributed by atoms with Crippen LogP contribution in [0.1, 0.15) is 21.5 Å². The van der Waals surface area contributed by atoms with E-state index in [9.17, 15) is 19.7 Å². The number of nitro benzene ring substituents is 1. The van der Waals surface area contributed by atoms with E-state index in [0.29, 0.717) is 15.8 Å². The predicted octanol–water partition coefficient (Wildman–Crippen LogP) is 4.12. The van der Waals surface area contributed by atoms with Crippen molar-refractivity contribution in [1.29, 1.82) is 0 Å². The van der Waals surface area contributed by atoms with E-state index in [2.05, 4.69) is 4.99 Å². The maximum Gasteiger partial charge on any atom is 0.325 e. The van der Waals surface area contributed by atoms with Gasteiger partial charge >= 0.3 is 5.97 Å². The molecule has 0 atom stereocenters. The Morgan fingerprint density at radius 2 is 1.73 bits per heavy atom. The average molecular weight is 461 g/mol. The van der Waals surface area contributed by atoms with Crippen LogP contribution in [0.25, 0.3) is 10.2 Å². The SMILES string of the molecule is COC(=O)Cn1c(=NC(=O)c2ccc(Cc3ccccc3)cc2)sc2cc([N+](=O)[O-])ccc21. The van der Waals surface area contributed by atoms with Crippen LogP contribution in [0.15, 0.2) is 77.8 Å². The van der Waals surface area contributed by atoms with Crippen LogP contribution in [0.4, 0.5) is 5.69 Å². The summed E-state index contributed by atoms with van der Waals surface area (Å²) in [6.45, 7) is -0.170. The highest BCUT2D eigenvalue weighted by Crippen LogP contribution is 2.23. The zero-order chi connectivity index (χ0) is 23.4. The third kappa shape index (κ3) is 5.04. The minimum atomic E-state index is -0.521. The van der Waals surface area contributed by atoms with Crippen LogP contribution >= 0.6 is 11.3 Å². The first kappa shape index (κ1) is 22.1. The van der Waals surface area contributed by atoms with Crippen LogP contribution in [0.2, 0.25) is 0 Å². The second-order valence-electron chi connectivity index (χ2n) is 7.23. The number of hydrogen-bond donors (Lipinski definition) is 0. The lowest BCUT2D eigenvalue weighted by molar-refractivity contribution is -0.384. The Hall–Kier alpha value is -4.11. The molecule has 8 nitrogen and oxygen atoms in total. The maximum absolute atomic E-state index is 12.8. The fourth-order valence-electron chi connectivity index (χ4n) is 3.36. The molecule has 4 aromatic rings. The first-order valence-corrected chi connectivity index (χ1v) is 10.8. The third-order valence-electron chi connectivity index (χ3n) is 5.04. The van der Waals surface area contributed by atoms with Gasteiger partial charge in [0.1, 0.15) is 6.54 Å². The van der Waals surface area contributed by atoms with Gasteiger partial charge in [0, 0.05) is 17.7 Å². The van der Waals surface area contributed by atoms with Gasteiger partial charge in [-0.2, -0.15) is 4.99 Å². The molecule has 1 aromatic heterocycles. The lowest BCUT2D eigenvalue weighted by Gasteiger charge is -2.04. The molecule has 0 aliphatic carbocycles. The Labute approximate surface area is 192 Å². The number of esters is 1. The first-order chi connectivity index (χ1) is 15.9. The molecule has 0 unspecified atom stereocenters. The topological polar surface area (TPSA) is 104 Å². The lowest BCUT2D eigenvalue weighted by Crippen LogP contribution is -2.22. The predicted molar refractivity (Wildman–Crippen MR) is 124 cm³/mol. The minimum Gasteiger partial charge on any atom is -0.468 e. The van der Waals surface area contributed by atoms with Crippen molar-refractivity contribution in [3.8, 4) is 0 Å². The molecule has 0 aliphatic heterocycles. The third-order valence-corrected chi connectivity index (χ3v) is 6.08. The van der Waals surface area contributed by atoms with Gasteiger partial charge in [-0.3, -0.25) is 19.7 Å². The number of non-ortho nitro benzene ring substituents is 1. The fraction of sp³-hybridized carbons (Fsp3) is 0.125. The smallest absolute Gasteiger partial charge is 0.325 e. The van der Waals surface area contributed by atoms with Crippen molar-refractivity contribution in [2.45, 2.75) is 13.0 Å². The van der Waals surface area contributed by atoms with E-state index >= 15 is 0 Å². The van der Waals surface area contributed by atoms with Gasteiger partial charge in [0.15, 0.2) is 4.80 Å². The van der Waals surface area contributed by atoms with Crippen LogP contribution in [-0.2, 0) is 22.5 Å². The van der Waals surface area contributed by atoms with Gasteiger partial charge in [-0.1, -0.05) is 53.8 Å². The van der Waals surface area contributed by atoms with Gasteiger partial charge in [-0.25, -0.2) is 0 Å². The molecule has 1 amide bonds. The number of aromatic nitrogens is 1. The van der Waals surface area contributed by atoms with Crippen molar-refractivity contribution in [3.05, 3.63) is 104 Å². The second kappa shape index (κ2) is 9.58. The highest BCUT2D eigenvalue weighted by Gasteiger charge is 2.15. The number of carbonyl (C=O) groups is 2. The molecular formula is C24H19N3O5S. The number of methoxy groups -OCH3 is 1. The van der Waals surface area contributed by atoms with Gasteiger partial charge in [-0.15, -0.1) is 0 Å². The zero-order valence-electron chi connectivity index (χ0n) is 17.6. The standard InChI is InChI=1S/C24H19N3O5S/c1-32-22(28)15-26-20-12-11-19(27(30)31)14-21(20)33-24(26)25-23(29)18-9-7-17(8-10-18)13-16-5-3-2-4-6-16/h2-12,14H,13,15H2,1H3. The van der Waals surface area contributed by atoms with Crippen LogP contribution in [0, 0.1) is 10.1 Å². The molecule has 0 aliphatic rings. The Morgan fingerprint density at radius 1 is 1.03 bits per heavy atom. The molecule has 0 saturated heterocycles. The molecule has 4 rings (SSSR count). The summed E-state index contributed by atoms with van der Waals surface area (Å²) in [5.74, 6) is -0.992. The molecule has 33 heavy (non-hydrogen) atoms. The van der Waals surface area contributed by atoms with Crippen LogP contribution in [-0.4, -0.2) is 28.5 Å². The van der Waals surface area contributed by atoms with Crippen molar-refractivity contribution in [2.75, 3.05) is 7.11 Å². The Bertz CT molecular complexity index is 1410. The van der Waals surface area contributed by atoms with Gasteiger partial charge < -0.3 is 9.30 Å². The largest absolute Gasteiger partial charge is 0.468 e. The number of fused-ring (bicyclic) bond motifs is 1. The highest BCUT2D eigenvalue weighted by molar-refractivity contribution is 7.16. The number of carbonyl (C=O) groups excluding carboxylic acids is 2. The van der Waals surface area contributed by atoms with Crippen molar-refractivity contribution in [3.63, 3.8) is 0 Å². The number of nitrogens with zero attached hydrogens (tertiary/aromatic N) is 3. The summed E-state index contributed by atoms with van der Waals surface area (Å²) in [7, 11) is 1.27. The van der Waals surface area contributed by atoms with Crippen LogP contribution in [0.5, 0.6) is 0 Å². The lowest BCUT2D eigenvalue weighted by atomic mass is 10.0. The van der Waals surface area contributed by atoms with Crippen LogP contribution < -0.4 is 4.80 Å². The second-order valence-corrected chi connectivity index (χ2v) is 8.24. The van der Waals surface area contributed by atoms with Crippen molar-refractivity contribution in [1.82, 2.24) is 4.57 Å². The molecule has 0 N–H and O–H groups in total. The molecule has 1 heterocycles. The fourth-order valence-corrected chi connectivity index (χ4v) is 4.42. The summed E-state index contributed by atoms with van der Waals surface area (Å²) in [5.41, 5.74) is 3.11. The first-order valence-electron chi connectivity index (χ1n) is 10.0. The van der Waals surface area contributed by atoms with E-state index < -0.39 is 16.8 Å². The molecule has 0 spiro atoms. The highest BCUT2D eigenvalue weighted by atomic mass is 32.1. The normalized spacial score (nSPS) is 11.5. The average Bonchev–Trinajstić information content (AvgIpc) is 3.15. The van der Waals surface area contributed by atoms with Gasteiger partial charge in [0.2, 0.25) is 0 Å². The monoisotopic (exact) mass is 461 g/mol. The van der Waals surface area contributed by atoms with E-state index in [1.807, 2.05) is 42.5 Å². The molecule has 0 radical (unpaired) electrons. The Kier molecular flexibility index (Phi) is 6.41. The molecule has 166 valence electrons. The zero-order valence-corrected chi connectivity index (χ0v) is 18.5. The minimum absolute atomic E-state index is 0.0825. The molecule has 0 bridgehead atoms. The summed E-state index contributed by atoms with van der Waals surface area (Å²) in [6, 6.07) is 21.5. The Morgan fingerprint density at radius 3 is 2.39 bits per heavy atom. The molecular weight excluding hydrogens is 442 g/mol. The van der Waals surface area contributed by atoms with Crippen molar-refractivity contribution < 1.29 is 19.2 Å². The molecule has 3 aromatic carbocycles. The number of nitro groups is 1. The number of hydrogen-bond acceptors (Lipinski definition) is 6. The van der Waals surface area contributed by atoms with Gasteiger partial charge in [0.25, 0.3) is 11.6 Å². The Balaban J connectivity index is 1.67. The van der Waals surface area contributed by atoms with Crippen LogP contribution in [0.3, 0.4) is 0 Å². The quantitative estimate of drug-likeness (QED) is 0.244. The maximum atomic E-state index is 12.8. The number of benzene rings is 3. The molecule has 0 fully saturated rings. The number of rotatable bonds is 6. The summed E-state index contributed by atoms with van der Waals surface area (Å²) in [5, 5.41) is 11.1. The summed E-state index contributed by atoms with van der Waals surface area (Å²) >= 11 is 1.10. The number of ether oxygens (including phenoxy) is 1. The molecule has 9 heteroatoms. The van der Waals surface area contributed by atoms with E-state index in [0.717, 1.165) is 23.3 Å². The van der Waals surface area contributed by atoms with E-state index in [4.69, 9.17) is 4.74 Å².